The zero-order chi connectivity index (χ0) is 21.5. The Labute approximate surface area is 184 Å². The smallest absolute Gasteiger partial charge is 0.238 e. The maximum absolute atomic E-state index is 12.8. The molecule has 0 saturated carbocycles. The predicted octanol–water partition coefficient (Wildman–Crippen LogP) is 6.18. The Morgan fingerprint density at radius 2 is 1.97 bits per heavy atom. The molecule has 0 spiro atoms. The summed E-state index contributed by atoms with van der Waals surface area (Å²) in [6.45, 7) is 6.33. The molecule has 0 aromatic heterocycles. The molecule has 1 N–H and O–H groups in total. The number of amides is 2. The number of carbonyl (C=O) groups excluding carboxylic acids is 2. The molecule has 5 heteroatoms. The Morgan fingerprint density at radius 1 is 1.17 bits per heavy atom. The number of benzene rings is 2. The fourth-order valence-electron chi connectivity index (χ4n) is 3.96. The van der Waals surface area contributed by atoms with E-state index in [0.717, 1.165) is 49.0 Å². The Bertz CT molecular complexity index is 883. The van der Waals surface area contributed by atoms with E-state index in [0.29, 0.717) is 5.75 Å². The molecule has 1 heterocycles. The highest BCUT2D eigenvalue weighted by Gasteiger charge is 2.35. The van der Waals surface area contributed by atoms with Gasteiger partial charge in [-0.3, -0.25) is 14.5 Å². The van der Waals surface area contributed by atoms with E-state index in [2.05, 4.69) is 32.2 Å². The van der Waals surface area contributed by atoms with Gasteiger partial charge in [-0.25, -0.2) is 0 Å². The summed E-state index contributed by atoms with van der Waals surface area (Å²) in [5.41, 5.74) is 4.00. The van der Waals surface area contributed by atoms with Crippen molar-refractivity contribution in [1.29, 1.82) is 0 Å². The van der Waals surface area contributed by atoms with Crippen LogP contribution in [0.2, 0.25) is 0 Å². The number of para-hydroxylation sites is 1. The van der Waals surface area contributed by atoms with Crippen LogP contribution in [0, 0.1) is 5.92 Å². The molecule has 0 bridgehead atoms. The van der Waals surface area contributed by atoms with Crippen molar-refractivity contribution >= 4 is 35.0 Å². The minimum Gasteiger partial charge on any atom is -0.326 e. The van der Waals surface area contributed by atoms with E-state index in [4.69, 9.17) is 0 Å². The van der Waals surface area contributed by atoms with E-state index in [-0.39, 0.29) is 23.1 Å². The standard InChI is InChI=1S/C25H32N2O2S/c1-4-7-11-19(6-3)24(29)26-21-14-10-13-20(16-21)25-27(23(28)17-30-25)22-15-9-8-12-18(22)5-2/h8-10,12-16,19,25H,4-7,11,17H2,1-3H3,(H,26,29). The number of unbranched alkanes of at least 4 members (excludes halogenated alkanes) is 1. The lowest BCUT2D eigenvalue weighted by Crippen LogP contribution is -2.29. The molecule has 30 heavy (non-hydrogen) atoms. The Kier molecular flexibility index (Phi) is 7.97. The van der Waals surface area contributed by atoms with E-state index < -0.39 is 0 Å². The van der Waals surface area contributed by atoms with Crippen LogP contribution in [0.1, 0.15) is 63.0 Å². The third-order valence-corrected chi connectivity index (χ3v) is 6.92. The second-order valence-electron chi connectivity index (χ2n) is 7.77. The van der Waals surface area contributed by atoms with Crippen molar-refractivity contribution in [3.63, 3.8) is 0 Å². The molecule has 1 aliphatic rings. The van der Waals surface area contributed by atoms with E-state index in [1.165, 1.54) is 5.56 Å². The molecule has 4 nitrogen and oxygen atoms in total. The minimum atomic E-state index is -0.0795. The van der Waals surface area contributed by atoms with Crippen molar-refractivity contribution in [2.24, 2.45) is 5.92 Å². The summed E-state index contributed by atoms with van der Waals surface area (Å²) < 4.78 is 0. The van der Waals surface area contributed by atoms with Crippen molar-refractivity contribution in [3.05, 3.63) is 59.7 Å². The molecule has 1 aliphatic heterocycles. The van der Waals surface area contributed by atoms with E-state index in [9.17, 15) is 9.59 Å². The zero-order valence-electron chi connectivity index (χ0n) is 18.2. The molecule has 2 aromatic rings. The van der Waals surface area contributed by atoms with Gasteiger partial charge in [0, 0.05) is 17.3 Å². The number of rotatable bonds is 9. The molecule has 0 aliphatic carbocycles. The van der Waals surface area contributed by atoms with Gasteiger partial charge in [-0.1, -0.05) is 63.9 Å². The number of nitrogens with one attached hydrogen (secondary N) is 1. The maximum atomic E-state index is 12.8. The summed E-state index contributed by atoms with van der Waals surface area (Å²) in [6.07, 6.45) is 4.82. The van der Waals surface area contributed by atoms with Crippen molar-refractivity contribution in [1.82, 2.24) is 0 Å². The number of hydrogen-bond donors (Lipinski definition) is 1. The Hall–Kier alpha value is -2.27. The number of aryl methyl sites for hydroxylation is 1. The van der Waals surface area contributed by atoms with Gasteiger partial charge < -0.3 is 5.32 Å². The number of anilines is 2. The van der Waals surface area contributed by atoms with Gasteiger partial charge in [0.2, 0.25) is 11.8 Å². The molecular weight excluding hydrogens is 392 g/mol. The van der Waals surface area contributed by atoms with Crippen molar-refractivity contribution in [3.8, 4) is 0 Å². The van der Waals surface area contributed by atoms with Crippen molar-refractivity contribution < 1.29 is 9.59 Å². The molecule has 2 atom stereocenters. The molecule has 1 fully saturated rings. The summed E-state index contributed by atoms with van der Waals surface area (Å²) in [5, 5.41) is 3.02. The van der Waals surface area contributed by atoms with Crippen LogP contribution in [-0.2, 0) is 16.0 Å². The topological polar surface area (TPSA) is 49.4 Å². The first kappa shape index (κ1) is 22.4. The normalized spacial score (nSPS) is 17.2. The number of hydrogen-bond acceptors (Lipinski definition) is 3. The molecule has 2 amide bonds. The Morgan fingerprint density at radius 3 is 2.70 bits per heavy atom. The van der Waals surface area contributed by atoms with E-state index >= 15 is 0 Å². The number of nitrogens with zero attached hydrogens (tertiary/aromatic N) is 1. The van der Waals surface area contributed by atoms with Gasteiger partial charge in [0.15, 0.2) is 0 Å². The lowest BCUT2D eigenvalue weighted by molar-refractivity contribution is -0.120. The monoisotopic (exact) mass is 424 g/mol. The quantitative estimate of drug-likeness (QED) is 0.523. The predicted molar refractivity (Wildman–Crippen MR) is 127 cm³/mol. The second-order valence-corrected chi connectivity index (χ2v) is 8.84. The molecular formula is C25H32N2O2S. The highest BCUT2D eigenvalue weighted by molar-refractivity contribution is 8.00. The van der Waals surface area contributed by atoms with Gasteiger partial charge in [-0.05, 0) is 48.6 Å². The highest BCUT2D eigenvalue weighted by Crippen LogP contribution is 2.43. The van der Waals surface area contributed by atoms with E-state index in [1.807, 2.05) is 47.4 Å². The molecule has 3 rings (SSSR count). The summed E-state index contributed by atoms with van der Waals surface area (Å²) in [4.78, 5) is 27.4. The molecule has 2 aromatic carbocycles. The van der Waals surface area contributed by atoms with Crippen LogP contribution in [-0.4, -0.2) is 17.6 Å². The average molecular weight is 425 g/mol. The summed E-state index contributed by atoms with van der Waals surface area (Å²) >= 11 is 1.64. The van der Waals surface area contributed by atoms with Crippen LogP contribution in [0.3, 0.4) is 0 Å². The van der Waals surface area contributed by atoms with Gasteiger partial charge in [-0.15, -0.1) is 11.8 Å². The van der Waals surface area contributed by atoms with Crippen molar-refractivity contribution in [2.45, 2.75) is 58.2 Å². The van der Waals surface area contributed by atoms with Gasteiger partial charge in [0.25, 0.3) is 0 Å². The number of thioether (sulfide) groups is 1. The summed E-state index contributed by atoms with van der Waals surface area (Å²) in [6, 6.07) is 16.1. The van der Waals surface area contributed by atoms with Crippen LogP contribution >= 0.6 is 11.8 Å². The van der Waals surface area contributed by atoms with Gasteiger partial charge in [0.1, 0.15) is 5.37 Å². The fraction of sp³-hybridized carbons (Fsp3) is 0.440. The van der Waals surface area contributed by atoms with Crippen LogP contribution in [0.5, 0.6) is 0 Å². The molecule has 160 valence electrons. The van der Waals surface area contributed by atoms with Gasteiger partial charge in [0.05, 0.1) is 5.75 Å². The Balaban J connectivity index is 1.82. The fourth-order valence-corrected chi connectivity index (χ4v) is 5.12. The van der Waals surface area contributed by atoms with Gasteiger partial charge in [-0.2, -0.15) is 0 Å². The SMILES string of the molecule is CCCCC(CC)C(=O)Nc1cccc(C2SCC(=O)N2c2ccccc2CC)c1. The first-order valence-corrected chi connectivity index (χ1v) is 12.1. The summed E-state index contributed by atoms with van der Waals surface area (Å²) in [5.74, 6) is 0.732. The molecule has 0 radical (unpaired) electrons. The lowest BCUT2D eigenvalue weighted by Gasteiger charge is -2.27. The summed E-state index contributed by atoms with van der Waals surface area (Å²) in [7, 11) is 0. The zero-order valence-corrected chi connectivity index (χ0v) is 19.0. The third kappa shape index (κ3) is 5.07. The van der Waals surface area contributed by atoms with Crippen molar-refractivity contribution in [2.75, 3.05) is 16.0 Å². The average Bonchev–Trinajstić information content (AvgIpc) is 3.15. The minimum absolute atomic E-state index is 0.0453. The largest absolute Gasteiger partial charge is 0.326 e. The maximum Gasteiger partial charge on any atom is 0.238 e. The van der Waals surface area contributed by atoms with Crippen LogP contribution in [0.25, 0.3) is 0 Å². The highest BCUT2D eigenvalue weighted by atomic mass is 32.2. The molecule has 1 saturated heterocycles. The van der Waals surface area contributed by atoms with Crippen LogP contribution < -0.4 is 10.2 Å². The third-order valence-electron chi connectivity index (χ3n) is 5.71. The van der Waals surface area contributed by atoms with Crippen LogP contribution in [0.15, 0.2) is 48.5 Å². The first-order chi connectivity index (χ1) is 14.6. The van der Waals surface area contributed by atoms with Crippen LogP contribution in [0.4, 0.5) is 11.4 Å². The van der Waals surface area contributed by atoms with E-state index in [1.54, 1.807) is 11.8 Å². The molecule has 2 unspecified atom stereocenters. The number of carbonyl (C=O) groups is 2. The first-order valence-electron chi connectivity index (χ1n) is 11.0. The second kappa shape index (κ2) is 10.7. The lowest BCUT2D eigenvalue weighted by atomic mass is 9.98. The van der Waals surface area contributed by atoms with Gasteiger partial charge >= 0.3 is 0 Å².